The Labute approximate surface area is 137 Å². The highest BCUT2D eigenvalue weighted by atomic mass is 35.5. The Kier molecular flexibility index (Phi) is 3.48. The first-order chi connectivity index (χ1) is 11.3. The highest BCUT2D eigenvalue weighted by Gasteiger charge is 2.13. The molecule has 0 atom stereocenters. The molecule has 3 aromatic heterocycles. The van der Waals surface area contributed by atoms with Gasteiger partial charge in [0, 0.05) is 28.9 Å². The van der Waals surface area contributed by atoms with Crippen molar-refractivity contribution in [3.05, 3.63) is 66.0 Å². The van der Waals surface area contributed by atoms with Gasteiger partial charge in [0.15, 0.2) is 0 Å². The van der Waals surface area contributed by atoms with E-state index in [9.17, 15) is 0 Å². The molecule has 5 nitrogen and oxygen atoms in total. The predicted octanol–water partition coefficient (Wildman–Crippen LogP) is 4.48. The summed E-state index contributed by atoms with van der Waals surface area (Å²) < 4.78 is 5.09. The van der Waals surface area contributed by atoms with Crippen LogP contribution in [0.5, 0.6) is 0 Å². The number of nitrogens with zero attached hydrogens (tertiary/aromatic N) is 2. The summed E-state index contributed by atoms with van der Waals surface area (Å²) in [5, 5.41) is 4.98. The molecule has 0 spiro atoms. The molecule has 114 valence electrons. The lowest BCUT2D eigenvalue weighted by Gasteiger charge is -2.07. The van der Waals surface area contributed by atoms with Crippen molar-refractivity contribution in [3.63, 3.8) is 0 Å². The Morgan fingerprint density at radius 2 is 2.17 bits per heavy atom. The number of hydrogen-bond donors (Lipinski definition) is 2. The largest absolute Gasteiger partial charge is 0.472 e. The van der Waals surface area contributed by atoms with Crippen molar-refractivity contribution in [1.29, 1.82) is 0 Å². The molecule has 0 aliphatic carbocycles. The van der Waals surface area contributed by atoms with E-state index >= 15 is 0 Å². The smallest absolute Gasteiger partial charge is 0.143 e. The van der Waals surface area contributed by atoms with Crippen molar-refractivity contribution in [2.24, 2.45) is 0 Å². The fourth-order valence-corrected chi connectivity index (χ4v) is 2.75. The van der Waals surface area contributed by atoms with Crippen LogP contribution in [0.2, 0.25) is 5.02 Å². The summed E-state index contributed by atoms with van der Waals surface area (Å²) >= 11 is 6.11. The summed E-state index contributed by atoms with van der Waals surface area (Å²) in [5.74, 6) is 0.771. The zero-order chi connectivity index (χ0) is 15.6. The van der Waals surface area contributed by atoms with Crippen LogP contribution in [0.1, 0.15) is 5.56 Å². The molecule has 0 fully saturated rings. The van der Waals surface area contributed by atoms with Gasteiger partial charge in [0.1, 0.15) is 17.8 Å². The van der Waals surface area contributed by atoms with E-state index in [1.54, 1.807) is 12.5 Å². The third-order valence-electron chi connectivity index (χ3n) is 3.65. The third kappa shape index (κ3) is 2.66. The summed E-state index contributed by atoms with van der Waals surface area (Å²) in [4.78, 5) is 11.9. The topological polar surface area (TPSA) is 66.7 Å². The van der Waals surface area contributed by atoms with Crippen LogP contribution in [0.3, 0.4) is 0 Å². The molecule has 3 heterocycles. The summed E-state index contributed by atoms with van der Waals surface area (Å²) in [7, 11) is 0. The Bertz CT molecular complexity index is 946. The van der Waals surface area contributed by atoms with Gasteiger partial charge < -0.3 is 14.7 Å². The van der Waals surface area contributed by atoms with Gasteiger partial charge in [-0.2, -0.15) is 0 Å². The second kappa shape index (κ2) is 5.78. The molecule has 0 aliphatic heterocycles. The highest BCUT2D eigenvalue weighted by molar-refractivity contribution is 6.31. The van der Waals surface area contributed by atoms with Crippen LogP contribution in [-0.2, 0) is 6.54 Å². The van der Waals surface area contributed by atoms with Crippen LogP contribution in [0.25, 0.3) is 22.2 Å². The lowest BCUT2D eigenvalue weighted by atomic mass is 10.1. The Morgan fingerprint density at radius 1 is 1.22 bits per heavy atom. The first kappa shape index (κ1) is 13.8. The van der Waals surface area contributed by atoms with E-state index in [0.29, 0.717) is 11.6 Å². The normalized spacial score (nSPS) is 11.0. The Hall–Kier alpha value is -2.79. The maximum atomic E-state index is 6.11. The molecule has 0 aliphatic rings. The molecule has 0 radical (unpaired) electrons. The number of aromatic amines is 1. The molecule has 4 aromatic rings. The van der Waals surface area contributed by atoms with Gasteiger partial charge in [0.2, 0.25) is 0 Å². The average molecular weight is 325 g/mol. The molecule has 2 N–H and O–H groups in total. The molecule has 23 heavy (non-hydrogen) atoms. The van der Waals surface area contributed by atoms with E-state index in [0.717, 1.165) is 33.5 Å². The minimum atomic E-state index is 0.628. The fourth-order valence-electron chi connectivity index (χ4n) is 2.56. The van der Waals surface area contributed by atoms with Crippen LogP contribution < -0.4 is 5.32 Å². The van der Waals surface area contributed by atoms with Gasteiger partial charge in [0.05, 0.1) is 17.9 Å². The number of rotatable bonds is 4. The van der Waals surface area contributed by atoms with Crippen LogP contribution in [-0.4, -0.2) is 15.0 Å². The molecule has 0 unspecified atom stereocenters. The first-order valence-corrected chi connectivity index (χ1v) is 7.52. The van der Waals surface area contributed by atoms with Gasteiger partial charge in [-0.25, -0.2) is 9.97 Å². The fraction of sp³-hybridized carbons (Fsp3) is 0.0588. The van der Waals surface area contributed by atoms with Crippen molar-refractivity contribution in [2.45, 2.75) is 6.54 Å². The second-order valence-corrected chi connectivity index (χ2v) is 5.58. The zero-order valence-electron chi connectivity index (χ0n) is 12.1. The number of hydrogen-bond acceptors (Lipinski definition) is 4. The van der Waals surface area contributed by atoms with E-state index in [1.807, 2.05) is 36.5 Å². The van der Waals surface area contributed by atoms with Gasteiger partial charge in [-0.3, -0.25) is 0 Å². The van der Waals surface area contributed by atoms with Gasteiger partial charge >= 0.3 is 0 Å². The number of halogens is 1. The summed E-state index contributed by atoms with van der Waals surface area (Å²) in [6.45, 7) is 0.628. The SMILES string of the molecule is Clc1cccc(-c2c[nH]c3ncnc(NCc4ccoc4)c23)c1. The number of nitrogens with one attached hydrogen (secondary N) is 2. The van der Waals surface area contributed by atoms with Gasteiger partial charge in [-0.05, 0) is 23.8 Å². The van der Waals surface area contributed by atoms with E-state index in [-0.39, 0.29) is 0 Å². The van der Waals surface area contributed by atoms with Crippen LogP contribution in [0.15, 0.2) is 59.8 Å². The maximum absolute atomic E-state index is 6.11. The summed E-state index contributed by atoms with van der Waals surface area (Å²) in [6, 6.07) is 9.64. The molecule has 0 saturated carbocycles. The molecule has 0 bridgehead atoms. The third-order valence-corrected chi connectivity index (χ3v) is 3.88. The maximum Gasteiger partial charge on any atom is 0.143 e. The van der Waals surface area contributed by atoms with E-state index in [4.69, 9.17) is 16.0 Å². The molecule has 0 saturated heterocycles. The second-order valence-electron chi connectivity index (χ2n) is 5.14. The average Bonchev–Trinajstić information content (AvgIpc) is 3.22. The van der Waals surface area contributed by atoms with Crippen LogP contribution in [0, 0.1) is 0 Å². The molecular formula is C17H13ClN4O. The lowest BCUT2D eigenvalue weighted by molar-refractivity contribution is 0.564. The predicted molar refractivity (Wildman–Crippen MR) is 90.4 cm³/mol. The van der Waals surface area contributed by atoms with Crippen LogP contribution in [0.4, 0.5) is 5.82 Å². The summed E-state index contributed by atoms with van der Waals surface area (Å²) in [6.07, 6.45) is 6.83. The first-order valence-electron chi connectivity index (χ1n) is 7.14. The Balaban J connectivity index is 1.77. The van der Waals surface area contributed by atoms with E-state index in [1.165, 1.54) is 6.33 Å². The monoisotopic (exact) mass is 324 g/mol. The number of fused-ring (bicyclic) bond motifs is 1. The van der Waals surface area contributed by atoms with Crippen molar-refractivity contribution in [1.82, 2.24) is 15.0 Å². The number of furan rings is 1. The highest BCUT2D eigenvalue weighted by Crippen LogP contribution is 2.33. The number of anilines is 1. The molecule has 1 aromatic carbocycles. The van der Waals surface area contributed by atoms with Gasteiger partial charge in [-0.15, -0.1) is 0 Å². The number of benzene rings is 1. The number of aromatic nitrogens is 3. The standard InChI is InChI=1S/C17H13ClN4O/c18-13-3-1-2-12(6-13)14-8-20-17-15(14)16(21-10-22-17)19-7-11-4-5-23-9-11/h1-6,8-10H,7H2,(H2,19,20,21,22). The van der Waals surface area contributed by atoms with Gasteiger partial charge in [-0.1, -0.05) is 23.7 Å². The van der Waals surface area contributed by atoms with Crippen molar-refractivity contribution >= 4 is 28.5 Å². The molecule has 6 heteroatoms. The van der Waals surface area contributed by atoms with E-state index < -0.39 is 0 Å². The minimum absolute atomic E-state index is 0.628. The lowest BCUT2D eigenvalue weighted by Crippen LogP contribution is -2.01. The summed E-state index contributed by atoms with van der Waals surface area (Å²) in [5.41, 5.74) is 3.86. The van der Waals surface area contributed by atoms with Crippen molar-refractivity contribution in [3.8, 4) is 11.1 Å². The van der Waals surface area contributed by atoms with E-state index in [2.05, 4.69) is 20.3 Å². The number of H-pyrrole nitrogens is 1. The molecule has 0 amide bonds. The Morgan fingerprint density at radius 3 is 3.00 bits per heavy atom. The molecule has 4 rings (SSSR count). The van der Waals surface area contributed by atoms with Crippen LogP contribution >= 0.6 is 11.6 Å². The zero-order valence-corrected chi connectivity index (χ0v) is 12.8. The van der Waals surface area contributed by atoms with Crippen molar-refractivity contribution in [2.75, 3.05) is 5.32 Å². The minimum Gasteiger partial charge on any atom is -0.472 e. The van der Waals surface area contributed by atoms with Gasteiger partial charge in [0.25, 0.3) is 0 Å². The molecular weight excluding hydrogens is 312 g/mol. The quantitative estimate of drug-likeness (QED) is 0.580. The van der Waals surface area contributed by atoms with Crippen molar-refractivity contribution < 1.29 is 4.42 Å².